The molecular weight excluding hydrogens is 212 g/mol. The lowest BCUT2D eigenvalue weighted by molar-refractivity contribution is -0.120. The normalized spacial score (nSPS) is 21.3. The van der Waals surface area contributed by atoms with Gasteiger partial charge < -0.3 is 10.2 Å². The highest BCUT2D eigenvalue weighted by molar-refractivity contribution is 6.30. The molecule has 0 radical (unpaired) electrons. The summed E-state index contributed by atoms with van der Waals surface area (Å²) in [5.74, 6) is 0.792. The summed E-state index contributed by atoms with van der Waals surface area (Å²) in [6, 6.07) is 0. The van der Waals surface area contributed by atoms with Gasteiger partial charge in [-0.2, -0.15) is 0 Å². The minimum Gasteiger partial charge on any atom is -0.354 e. The van der Waals surface area contributed by atoms with Crippen LogP contribution in [0.3, 0.4) is 0 Å². The number of alkyl halides is 1. The largest absolute Gasteiger partial charge is 0.354 e. The van der Waals surface area contributed by atoms with Crippen LogP contribution < -0.4 is 5.32 Å². The fraction of sp³-hybridized carbons (Fsp3) is 0.909. The lowest BCUT2D eigenvalue weighted by Crippen LogP contribution is -2.40. The van der Waals surface area contributed by atoms with Gasteiger partial charge in [0.1, 0.15) is 5.38 Å². The van der Waals surface area contributed by atoms with Gasteiger partial charge in [-0.05, 0) is 38.8 Å². The zero-order valence-corrected chi connectivity index (χ0v) is 10.4. The molecule has 4 heteroatoms. The van der Waals surface area contributed by atoms with Crippen molar-refractivity contribution in [1.29, 1.82) is 0 Å². The molecule has 1 aliphatic heterocycles. The maximum absolute atomic E-state index is 11.2. The molecule has 0 saturated carbocycles. The Morgan fingerprint density at radius 2 is 2.13 bits per heavy atom. The predicted molar refractivity (Wildman–Crippen MR) is 63.2 cm³/mol. The van der Waals surface area contributed by atoms with E-state index in [1.807, 2.05) is 0 Å². The van der Waals surface area contributed by atoms with Crippen molar-refractivity contribution >= 4 is 17.5 Å². The summed E-state index contributed by atoms with van der Waals surface area (Å²) < 4.78 is 0. The van der Waals surface area contributed by atoms with E-state index >= 15 is 0 Å². The van der Waals surface area contributed by atoms with Crippen LogP contribution in [0.25, 0.3) is 0 Å². The van der Waals surface area contributed by atoms with Gasteiger partial charge in [0.15, 0.2) is 0 Å². The number of rotatable bonds is 4. The highest BCUT2D eigenvalue weighted by Crippen LogP contribution is 2.14. The average Bonchev–Trinajstić information content (AvgIpc) is 2.20. The Kier molecular flexibility index (Phi) is 5.40. The van der Waals surface area contributed by atoms with E-state index in [1.165, 1.54) is 12.8 Å². The smallest absolute Gasteiger partial charge is 0.237 e. The first-order valence-electron chi connectivity index (χ1n) is 5.73. The molecule has 0 aromatic carbocycles. The van der Waals surface area contributed by atoms with Crippen LogP contribution in [0.2, 0.25) is 0 Å². The molecule has 1 amide bonds. The lowest BCUT2D eigenvalue weighted by Gasteiger charge is -2.30. The number of piperidine rings is 1. The highest BCUT2D eigenvalue weighted by atomic mass is 35.5. The van der Waals surface area contributed by atoms with Crippen LogP contribution >= 0.6 is 11.6 Å². The van der Waals surface area contributed by atoms with Crippen LogP contribution in [0.5, 0.6) is 0 Å². The Hall–Kier alpha value is -0.280. The van der Waals surface area contributed by atoms with Crippen LogP contribution in [-0.4, -0.2) is 42.4 Å². The van der Waals surface area contributed by atoms with Crippen LogP contribution in [0.1, 0.15) is 26.7 Å². The summed E-state index contributed by atoms with van der Waals surface area (Å²) >= 11 is 5.64. The SMILES string of the molecule is CC1CCN(CCNC(=O)C(C)Cl)CC1. The molecule has 1 N–H and O–H groups in total. The summed E-state index contributed by atoms with van der Waals surface area (Å²) in [4.78, 5) is 13.6. The van der Waals surface area contributed by atoms with Crippen molar-refractivity contribution < 1.29 is 4.79 Å². The molecule has 0 aromatic rings. The van der Waals surface area contributed by atoms with Crippen molar-refractivity contribution in [2.45, 2.75) is 32.1 Å². The first-order chi connectivity index (χ1) is 7.09. The zero-order valence-electron chi connectivity index (χ0n) is 9.63. The predicted octanol–water partition coefficient (Wildman–Crippen LogP) is 1.46. The summed E-state index contributed by atoms with van der Waals surface area (Å²) in [6.07, 6.45) is 2.56. The van der Waals surface area contributed by atoms with E-state index in [0.29, 0.717) is 6.54 Å². The van der Waals surface area contributed by atoms with E-state index in [9.17, 15) is 4.79 Å². The van der Waals surface area contributed by atoms with Crippen LogP contribution in [0, 0.1) is 5.92 Å². The van der Waals surface area contributed by atoms with Gasteiger partial charge in [-0.15, -0.1) is 11.6 Å². The number of likely N-dealkylation sites (tertiary alicyclic amines) is 1. The summed E-state index contributed by atoms with van der Waals surface area (Å²) in [5.41, 5.74) is 0. The van der Waals surface area contributed by atoms with E-state index in [2.05, 4.69) is 17.1 Å². The van der Waals surface area contributed by atoms with E-state index < -0.39 is 5.38 Å². The van der Waals surface area contributed by atoms with Gasteiger partial charge in [-0.1, -0.05) is 6.92 Å². The zero-order chi connectivity index (χ0) is 11.3. The number of hydrogen-bond acceptors (Lipinski definition) is 2. The van der Waals surface area contributed by atoms with Gasteiger partial charge in [-0.25, -0.2) is 0 Å². The van der Waals surface area contributed by atoms with Crippen molar-refractivity contribution in [3.63, 3.8) is 0 Å². The minimum atomic E-state index is -0.425. The molecule has 0 aromatic heterocycles. The molecule has 88 valence electrons. The number of halogens is 1. The molecule has 0 aliphatic carbocycles. The van der Waals surface area contributed by atoms with Gasteiger partial charge in [0.2, 0.25) is 5.91 Å². The second kappa shape index (κ2) is 6.33. The maximum atomic E-state index is 11.2. The summed E-state index contributed by atoms with van der Waals surface area (Å²) in [6.45, 7) is 7.97. The maximum Gasteiger partial charge on any atom is 0.237 e. The van der Waals surface area contributed by atoms with E-state index in [-0.39, 0.29) is 5.91 Å². The molecule has 1 heterocycles. The van der Waals surface area contributed by atoms with Gasteiger partial charge >= 0.3 is 0 Å². The Labute approximate surface area is 97.2 Å². The Bertz CT molecular complexity index is 201. The van der Waals surface area contributed by atoms with Gasteiger partial charge in [0.25, 0.3) is 0 Å². The molecule has 0 spiro atoms. The molecule has 1 fully saturated rings. The summed E-state index contributed by atoms with van der Waals surface area (Å²) in [5, 5.41) is 2.40. The van der Waals surface area contributed by atoms with Gasteiger partial charge in [0.05, 0.1) is 0 Å². The van der Waals surface area contributed by atoms with Crippen molar-refractivity contribution in [3.05, 3.63) is 0 Å². The third-order valence-corrected chi connectivity index (χ3v) is 3.16. The standard InChI is InChI=1S/C11H21ClN2O/c1-9-3-6-14(7-4-9)8-5-13-11(15)10(2)12/h9-10H,3-8H2,1-2H3,(H,13,15). The van der Waals surface area contributed by atoms with Gasteiger partial charge in [-0.3, -0.25) is 4.79 Å². The molecule has 1 aliphatic rings. The van der Waals surface area contributed by atoms with Crippen molar-refractivity contribution in [1.82, 2.24) is 10.2 Å². The van der Waals surface area contributed by atoms with Crippen molar-refractivity contribution in [3.8, 4) is 0 Å². The van der Waals surface area contributed by atoms with Crippen molar-refractivity contribution in [2.75, 3.05) is 26.2 Å². The number of carbonyl (C=O) groups excluding carboxylic acids is 1. The number of hydrogen-bond donors (Lipinski definition) is 1. The van der Waals surface area contributed by atoms with Crippen LogP contribution in [-0.2, 0) is 4.79 Å². The number of nitrogens with zero attached hydrogens (tertiary/aromatic N) is 1. The lowest BCUT2D eigenvalue weighted by atomic mass is 9.99. The Balaban J connectivity index is 2.08. The molecule has 0 bridgehead atoms. The molecule has 3 nitrogen and oxygen atoms in total. The first-order valence-corrected chi connectivity index (χ1v) is 6.17. The molecule has 15 heavy (non-hydrogen) atoms. The minimum absolute atomic E-state index is 0.0676. The fourth-order valence-corrected chi connectivity index (χ4v) is 1.84. The molecule has 1 saturated heterocycles. The monoisotopic (exact) mass is 232 g/mol. The van der Waals surface area contributed by atoms with Crippen LogP contribution in [0.4, 0.5) is 0 Å². The van der Waals surface area contributed by atoms with Crippen LogP contribution in [0.15, 0.2) is 0 Å². The Morgan fingerprint density at radius 1 is 1.53 bits per heavy atom. The van der Waals surface area contributed by atoms with E-state index in [1.54, 1.807) is 6.92 Å². The second-order valence-corrected chi connectivity index (χ2v) is 5.09. The topological polar surface area (TPSA) is 32.3 Å². The van der Waals surface area contributed by atoms with E-state index in [4.69, 9.17) is 11.6 Å². The third-order valence-electron chi connectivity index (χ3n) is 2.96. The van der Waals surface area contributed by atoms with Crippen molar-refractivity contribution in [2.24, 2.45) is 5.92 Å². The molecular formula is C11H21ClN2O. The molecule has 1 unspecified atom stereocenters. The second-order valence-electron chi connectivity index (χ2n) is 4.43. The molecule has 1 atom stereocenters. The van der Waals surface area contributed by atoms with E-state index in [0.717, 1.165) is 25.6 Å². The highest BCUT2D eigenvalue weighted by Gasteiger charge is 2.15. The van der Waals surface area contributed by atoms with Gasteiger partial charge in [0, 0.05) is 13.1 Å². The fourth-order valence-electron chi connectivity index (χ4n) is 1.76. The quantitative estimate of drug-likeness (QED) is 0.745. The first kappa shape index (κ1) is 12.8. The number of carbonyl (C=O) groups is 1. The number of nitrogens with one attached hydrogen (secondary N) is 1. The Morgan fingerprint density at radius 3 is 2.67 bits per heavy atom. The average molecular weight is 233 g/mol. The summed E-state index contributed by atoms with van der Waals surface area (Å²) in [7, 11) is 0. The third kappa shape index (κ3) is 4.85. The molecule has 1 rings (SSSR count). The number of amides is 1.